The van der Waals surface area contributed by atoms with Crippen molar-refractivity contribution in [3.8, 4) is 16.9 Å². The van der Waals surface area contributed by atoms with Gasteiger partial charge in [-0.3, -0.25) is 0 Å². The van der Waals surface area contributed by atoms with E-state index in [-0.39, 0.29) is 30.0 Å². The number of ether oxygens (including phenoxy) is 1. The van der Waals surface area contributed by atoms with Gasteiger partial charge in [0.2, 0.25) is 10.0 Å². The second-order valence-corrected chi connectivity index (χ2v) is 9.54. The predicted octanol–water partition coefficient (Wildman–Crippen LogP) is 5.32. The van der Waals surface area contributed by atoms with E-state index in [2.05, 4.69) is 0 Å². The number of benzene rings is 3. The monoisotopic (exact) mass is 529 g/mol. The summed E-state index contributed by atoms with van der Waals surface area (Å²) in [6.45, 7) is 0.451. The van der Waals surface area contributed by atoms with Gasteiger partial charge in [0.05, 0.1) is 10.5 Å². The lowest BCUT2D eigenvalue weighted by Crippen LogP contribution is -2.30. The molecule has 0 amide bonds. The van der Waals surface area contributed by atoms with E-state index in [9.17, 15) is 35.2 Å². The van der Waals surface area contributed by atoms with Crippen LogP contribution in [0, 0.1) is 11.6 Å². The van der Waals surface area contributed by atoms with Crippen molar-refractivity contribution < 1.29 is 45.0 Å². The molecular weight excluding hydrogens is 509 g/mol. The Bertz CT molecular complexity index is 1380. The molecule has 0 aliphatic rings. The molecule has 0 aliphatic carbocycles. The number of rotatable bonds is 9. The Morgan fingerprint density at radius 3 is 2.33 bits per heavy atom. The average Bonchev–Trinajstić information content (AvgIpc) is 2.82. The summed E-state index contributed by atoms with van der Waals surface area (Å²) in [5.41, 5.74) is -0.427. The number of hydrogen-bond donors (Lipinski definition) is 1. The van der Waals surface area contributed by atoms with Crippen molar-refractivity contribution in [2.75, 3.05) is 13.2 Å². The fourth-order valence-electron chi connectivity index (χ4n) is 3.39. The number of halogens is 5. The van der Waals surface area contributed by atoms with Gasteiger partial charge in [-0.15, -0.1) is 0 Å². The molecule has 0 aromatic heterocycles. The number of nitrogens with zero attached hydrogens (tertiary/aromatic N) is 1. The second kappa shape index (κ2) is 10.6. The van der Waals surface area contributed by atoms with Crippen molar-refractivity contribution in [2.45, 2.75) is 24.5 Å². The second-order valence-electron chi connectivity index (χ2n) is 7.60. The molecule has 0 saturated heterocycles. The molecule has 3 aromatic carbocycles. The van der Waals surface area contributed by atoms with Crippen LogP contribution in [-0.4, -0.2) is 37.0 Å². The Hall–Kier alpha value is -3.51. The zero-order chi connectivity index (χ0) is 26.7. The normalized spacial score (nSPS) is 12.1. The van der Waals surface area contributed by atoms with Crippen LogP contribution in [0.2, 0.25) is 0 Å². The minimum absolute atomic E-state index is 0.0213. The molecule has 0 atom stereocenters. The van der Waals surface area contributed by atoms with E-state index in [1.54, 1.807) is 0 Å². The van der Waals surface area contributed by atoms with E-state index in [1.807, 2.05) is 0 Å². The van der Waals surface area contributed by atoms with Crippen LogP contribution in [0.1, 0.15) is 18.1 Å². The maximum Gasteiger partial charge on any atom is 0.416 e. The summed E-state index contributed by atoms with van der Waals surface area (Å²) >= 11 is 0. The summed E-state index contributed by atoms with van der Waals surface area (Å²) in [4.78, 5) is 10.5. The predicted molar refractivity (Wildman–Crippen MR) is 120 cm³/mol. The molecule has 0 unspecified atom stereocenters. The number of aliphatic carboxylic acids is 1. The fourth-order valence-corrected chi connectivity index (χ4v) is 4.84. The molecule has 3 aromatic rings. The van der Waals surface area contributed by atoms with Gasteiger partial charge in [-0.1, -0.05) is 25.1 Å². The molecule has 0 radical (unpaired) electrons. The Balaban J connectivity index is 2.03. The topological polar surface area (TPSA) is 83.9 Å². The number of carbonyl (C=O) groups is 1. The van der Waals surface area contributed by atoms with Crippen LogP contribution in [-0.2, 0) is 27.5 Å². The van der Waals surface area contributed by atoms with E-state index >= 15 is 0 Å². The molecule has 36 heavy (non-hydrogen) atoms. The minimum atomic E-state index is -4.63. The van der Waals surface area contributed by atoms with Gasteiger partial charge in [-0.05, 0) is 53.6 Å². The number of carboxylic acids is 1. The number of hydrogen-bond acceptors (Lipinski definition) is 4. The van der Waals surface area contributed by atoms with Gasteiger partial charge in [0.15, 0.2) is 18.2 Å². The van der Waals surface area contributed by atoms with Gasteiger partial charge in [0.25, 0.3) is 0 Å². The van der Waals surface area contributed by atoms with Crippen molar-refractivity contribution in [3.05, 3.63) is 83.4 Å². The standard InChI is InChI=1S/C24H20F5NO5S/c1-2-30(36(33,34)18-7-8-20(25)21(26)12-18)13-15-6-9-22(35-14-23(31)32)19(10-15)16-4-3-5-17(11-16)24(27,28)29/h3-12H,2,13-14H2,1H3,(H,31,32). The lowest BCUT2D eigenvalue weighted by Gasteiger charge is -2.22. The Morgan fingerprint density at radius 1 is 1.00 bits per heavy atom. The number of alkyl halides is 3. The maximum atomic E-state index is 13.6. The molecule has 6 nitrogen and oxygen atoms in total. The zero-order valence-electron chi connectivity index (χ0n) is 18.7. The molecule has 12 heteroatoms. The highest BCUT2D eigenvalue weighted by atomic mass is 32.2. The van der Waals surface area contributed by atoms with Crippen LogP contribution in [0.4, 0.5) is 22.0 Å². The molecule has 0 saturated carbocycles. The number of carboxylic acid groups (broad SMARTS) is 1. The van der Waals surface area contributed by atoms with Crippen molar-refractivity contribution in [1.29, 1.82) is 0 Å². The van der Waals surface area contributed by atoms with E-state index in [1.165, 1.54) is 37.3 Å². The summed E-state index contributed by atoms with van der Waals surface area (Å²) in [7, 11) is -4.25. The fraction of sp³-hybridized carbons (Fsp3) is 0.208. The van der Waals surface area contributed by atoms with Crippen molar-refractivity contribution >= 4 is 16.0 Å². The van der Waals surface area contributed by atoms with Crippen molar-refractivity contribution in [3.63, 3.8) is 0 Å². The van der Waals surface area contributed by atoms with Gasteiger partial charge in [0, 0.05) is 18.7 Å². The number of sulfonamides is 1. The Labute approximate surface area is 203 Å². The quantitative estimate of drug-likeness (QED) is 0.379. The first-order chi connectivity index (χ1) is 16.8. The van der Waals surface area contributed by atoms with Gasteiger partial charge in [-0.25, -0.2) is 22.0 Å². The molecule has 1 N–H and O–H groups in total. The van der Waals surface area contributed by atoms with Crippen LogP contribution < -0.4 is 4.74 Å². The minimum Gasteiger partial charge on any atom is -0.481 e. The summed E-state index contributed by atoms with van der Waals surface area (Å²) in [5.74, 6) is -3.87. The van der Waals surface area contributed by atoms with Gasteiger partial charge in [0.1, 0.15) is 5.75 Å². The molecule has 0 bridgehead atoms. The van der Waals surface area contributed by atoms with Crippen molar-refractivity contribution in [1.82, 2.24) is 4.31 Å². The highest BCUT2D eigenvalue weighted by Crippen LogP contribution is 2.36. The van der Waals surface area contributed by atoms with E-state index in [0.29, 0.717) is 17.7 Å². The highest BCUT2D eigenvalue weighted by molar-refractivity contribution is 7.89. The van der Waals surface area contributed by atoms with E-state index in [4.69, 9.17) is 9.84 Å². The smallest absolute Gasteiger partial charge is 0.416 e. The molecule has 0 aliphatic heterocycles. The molecular formula is C24H20F5NO5S. The Kier molecular flexibility index (Phi) is 7.99. The van der Waals surface area contributed by atoms with Gasteiger partial charge < -0.3 is 9.84 Å². The summed E-state index contributed by atoms with van der Waals surface area (Å²) in [6, 6.07) is 10.6. The summed E-state index contributed by atoms with van der Waals surface area (Å²) < 4.78 is 98.9. The first-order valence-electron chi connectivity index (χ1n) is 10.4. The lowest BCUT2D eigenvalue weighted by atomic mass is 9.99. The van der Waals surface area contributed by atoms with E-state index < -0.39 is 50.9 Å². The van der Waals surface area contributed by atoms with Crippen molar-refractivity contribution in [2.24, 2.45) is 0 Å². The maximum absolute atomic E-state index is 13.6. The van der Waals surface area contributed by atoms with Gasteiger partial charge in [-0.2, -0.15) is 17.5 Å². The average molecular weight is 529 g/mol. The van der Waals surface area contributed by atoms with Crippen LogP contribution in [0.5, 0.6) is 5.75 Å². The largest absolute Gasteiger partial charge is 0.481 e. The first kappa shape index (κ1) is 27.1. The first-order valence-corrected chi connectivity index (χ1v) is 11.9. The third kappa shape index (κ3) is 6.18. The molecule has 0 spiro atoms. The highest BCUT2D eigenvalue weighted by Gasteiger charge is 2.31. The molecule has 192 valence electrons. The molecule has 0 heterocycles. The zero-order valence-corrected chi connectivity index (χ0v) is 19.5. The van der Waals surface area contributed by atoms with Crippen LogP contribution >= 0.6 is 0 Å². The van der Waals surface area contributed by atoms with Crippen LogP contribution in [0.15, 0.2) is 65.6 Å². The van der Waals surface area contributed by atoms with Crippen LogP contribution in [0.25, 0.3) is 11.1 Å². The summed E-state index contributed by atoms with van der Waals surface area (Å²) in [6.07, 6.45) is -4.63. The third-order valence-electron chi connectivity index (χ3n) is 5.14. The molecule has 3 rings (SSSR count). The lowest BCUT2D eigenvalue weighted by molar-refractivity contribution is -0.139. The molecule has 0 fully saturated rings. The Morgan fingerprint density at radius 2 is 1.72 bits per heavy atom. The van der Waals surface area contributed by atoms with Crippen LogP contribution in [0.3, 0.4) is 0 Å². The SMILES string of the molecule is CCN(Cc1ccc(OCC(=O)O)c(-c2cccc(C(F)(F)F)c2)c1)S(=O)(=O)c1ccc(F)c(F)c1. The summed E-state index contributed by atoms with van der Waals surface area (Å²) in [5, 5.41) is 8.93. The third-order valence-corrected chi connectivity index (χ3v) is 7.05. The van der Waals surface area contributed by atoms with Gasteiger partial charge >= 0.3 is 12.1 Å². The van der Waals surface area contributed by atoms with E-state index in [0.717, 1.165) is 22.5 Å².